The largest absolute Gasteiger partial charge is 0.321 e. The van der Waals surface area contributed by atoms with Crippen LogP contribution in [0.5, 0.6) is 0 Å². The van der Waals surface area contributed by atoms with Gasteiger partial charge in [0.15, 0.2) is 5.78 Å². The molecule has 1 rings (SSSR count). The lowest BCUT2D eigenvalue weighted by Gasteiger charge is -2.07. The SMILES string of the molecule is CCCC(N)C(=O)Cc1sccc1Br. The van der Waals surface area contributed by atoms with Crippen molar-refractivity contribution in [3.05, 3.63) is 20.8 Å². The summed E-state index contributed by atoms with van der Waals surface area (Å²) in [6.45, 7) is 2.04. The number of nitrogens with two attached hydrogens (primary N) is 1. The van der Waals surface area contributed by atoms with E-state index in [1.165, 1.54) is 0 Å². The predicted octanol–water partition coefficient (Wildman–Crippen LogP) is 2.75. The van der Waals surface area contributed by atoms with Gasteiger partial charge in [-0.25, -0.2) is 0 Å². The second kappa shape index (κ2) is 5.63. The Hall–Kier alpha value is -0.190. The first-order valence-electron chi connectivity index (χ1n) is 4.65. The standard InChI is InChI=1S/C10H14BrNOS/c1-2-3-8(12)9(13)6-10-7(11)4-5-14-10/h4-5,8H,2-3,6,12H2,1H3. The molecule has 1 heterocycles. The van der Waals surface area contributed by atoms with Crippen LogP contribution in [0.2, 0.25) is 0 Å². The number of halogens is 1. The predicted molar refractivity (Wildman–Crippen MR) is 63.6 cm³/mol. The van der Waals surface area contributed by atoms with Crippen LogP contribution < -0.4 is 5.73 Å². The van der Waals surface area contributed by atoms with E-state index in [0.717, 1.165) is 22.2 Å². The van der Waals surface area contributed by atoms with Crippen molar-refractivity contribution in [3.63, 3.8) is 0 Å². The Labute approximate surface area is 96.6 Å². The van der Waals surface area contributed by atoms with Gasteiger partial charge < -0.3 is 5.73 Å². The van der Waals surface area contributed by atoms with Crippen LogP contribution in [-0.2, 0) is 11.2 Å². The molecule has 2 N–H and O–H groups in total. The first-order valence-corrected chi connectivity index (χ1v) is 6.32. The lowest BCUT2D eigenvalue weighted by molar-refractivity contribution is -0.119. The van der Waals surface area contributed by atoms with E-state index in [1.54, 1.807) is 11.3 Å². The van der Waals surface area contributed by atoms with Gasteiger partial charge in [-0.1, -0.05) is 13.3 Å². The van der Waals surface area contributed by atoms with Gasteiger partial charge in [-0.05, 0) is 33.8 Å². The van der Waals surface area contributed by atoms with Crippen molar-refractivity contribution in [1.82, 2.24) is 0 Å². The summed E-state index contributed by atoms with van der Waals surface area (Å²) in [6, 6.07) is 1.66. The van der Waals surface area contributed by atoms with Crippen LogP contribution >= 0.6 is 27.3 Å². The second-order valence-corrected chi connectivity index (χ2v) is 5.08. The smallest absolute Gasteiger partial charge is 0.154 e. The van der Waals surface area contributed by atoms with Crippen LogP contribution in [0.25, 0.3) is 0 Å². The minimum absolute atomic E-state index is 0.134. The summed E-state index contributed by atoms with van der Waals surface area (Å²) in [4.78, 5) is 12.7. The third kappa shape index (κ3) is 3.19. The molecule has 2 nitrogen and oxygen atoms in total. The van der Waals surface area contributed by atoms with Crippen molar-refractivity contribution in [2.45, 2.75) is 32.2 Å². The van der Waals surface area contributed by atoms with Gasteiger partial charge in [-0.2, -0.15) is 0 Å². The Morgan fingerprint density at radius 2 is 2.43 bits per heavy atom. The summed E-state index contributed by atoms with van der Waals surface area (Å²) in [6.07, 6.45) is 2.19. The highest BCUT2D eigenvalue weighted by molar-refractivity contribution is 9.10. The van der Waals surface area contributed by atoms with E-state index in [1.807, 2.05) is 18.4 Å². The Kier molecular flexibility index (Phi) is 4.78. The van der Waals surface area contributed by atoms with E-state index < -0.39 is 0 Å². The second-order valence-electron chi connectivity index (χ2n) is 3.23. The Balaban J connectivity index is 2.53. The third-order valence-electron chi connectivity index (χ3n) is 2.04. The van der Waals surface area contributed by atoms with Crippen LogP contribution in [0.4, 0.5) is 0 Å². The van der Waals surface area contributed by atoms with Crippen molar-refractivity contribution in [1.29, 1.82) is 0 Å². The summed E-state index contributed by atoms with van der Waals surface area (Å²) in [5.74, 6) is 0.134. The molecule has 14 heavy (non-hydrogen) atoms. The summed E-state index contributed by atoms with van der Waals surface area (Å²) < 4.78 is 1.01. The summed E-state index contributed by atoms with van der Waals surface area (Å²) in [5, 5.41) is 1.97. The fourth-order valence-corrected chi connectivity index (χ4v) is 2.71. The summed E-state index contributed by atoms with van der Waals surface area (Å²) >= 11 is 4.99. The molecule has 4 heteroatoms. The first-order chi connectivity index (χ1) is 6.65. The van der Waals surface area contributed by atoms with Crippen LogP contribution in [-0.4, -0.2) is 11.8 Å². The van der Waals surface area contributed by atoms with E-state index in [9.17, 15) is 4.79 Å². The van der Waals surface area contributed by atoms with E-state index in [2.05, 4.69) is 15.9 Å². The topological polar surface area (TPSA) is 43.1 Å². The van der Waals surface area contributed by atoms with Gasteiger partial charge in [0.25, 0.3) is 0 Å². The minimum Gasteiger partial charge on any atom is -0.321 e. The van der Waals surface area contributed by atoms with Crippen molar-refractivity contribution >= 4 is 33.0 Å². The Morgan fingerprint density at radius 3 is 2.93 bits per heavy atom. The van der Waals surface area contributed by atoms with Gasteiger partial charge in [0.1, 0.15) is 0 Å². The highest BCUT2D eigenvalue weighted by Crippen LogP contribution is 2.23. The number of hydrogen-bond acceptors (Lipinski definition) is 3. The molecule has 0 aliphatic carbocycles. The van der Waals surface area contributed by atoms with Crippen molar-refractivity contribution < 1.29 is 4.79 Å². The van der Waals surface area contributed by atoms with E-state index in [4.69, 9.17) is 5.73 Å². The number of Topliss-reactive ketones (excluding diaryl/α,β-unsaturated/α-hetero) is 1. The molecule has 0 aromatic carbocycles. The number of rotatable bonds is 5. The summed E-state index contributed by atoms with van der Waals surface area (Å²) in [5.41, 5.74) is 5.73. The average molecular weight is 276 g/mol. The number of carbonyl (C=O) groups excluding carboxylic acids is 1. The Bertz CT molecular complexity index is 311. The molecular formula is C10H14BrNOS. The van der Waals surface area contributed by atoms with Crippen molar-refractivity contribution in [2.24, 2.45) is 5.73 Å². The highest BCUT2D eigenvalue weighted by Gasteiger charge is 2.14. The molecule has 78 valence electrons. The third-order valence-corrected chi connectivity index (χ3v) is 3.97. The van der Waals surface area contributed by atoms with Crippen molar-refractivity contribution in [3.8, 4) is 0 Å². The average Bonchev–Trinajstić information content (AvgIpc) is 2.52. The minimum atomic E-state index is -0.297. The van der Waals surface area contributed by atoms with E-state index >= 15 is 0 Å². The molecule has 1 atom stereocenters. The number of thiophene rings is 1. The molecule has 0 spiro atoms. The Morgan fingerprint density at radius 1 is 1.71 bits per heavy atom. The fraction of sp³-hybridized carbons (Fsp3) is 0.500. The fourth-order valence-electron chi connectivity index (χ4n) is 1.21. The van der Waals surface area contributed by atoms with Gasteiger partial charge in [-0.3, -0.25) is 4.79 Å². The van der Waals surface area contributed by atoms with Gasteiger partial charge in [0.05, 0.1) is 6.04 Å². The number of ketones is 1. The number of hydrogen-bond donors (Lipinski definition) is 1. The lowest BCUT2D eigenvalue weighted by Crippen LogP contribution is -2.31. The zero-order valence-electron chi connectivity index (χ0n) is 8.13. The molecule has 0 saturated carbocycles. The molecule has 0 bridgehead atoms. The maximum Gasteiger partial charge on any atom is 0.154 e. The molecule has 1 unspecified atom stereocenters. The molecule has 0 aliphatic rings. The maximum absolute atomic E-state index is 11.6. The van der Waals surface area contributed by atoms with Crippen molar-refractivity contribution in [2.75, 3.05) is 0 Å². The van der Waals surface area contributed by atoms with Crippen LogP contribution in [0.3, 0.4) is 0 Å². The maximum atomic E-state index is 11.6. The monoisotopic (exact) mass is 275 g/mol. The normalized spacial score (nSPS) is 12.8. The molecule has 0 aliphatic heterocycles. The van der Waals surface area contributed by atoms with E-state index in [-0.39, 0.29) is 11.8 Å². The highest BCUT2D eigenvalue weighted by atomic mass is 79.9. The van der Waals surface area contributed by atoms with Gasteiger partial charge in [0.2, 0.25) is 0 Å². The van der Waals surface area contributed by atoms with Gasteiger partial charge >= 0.3 is 0 Å². The van der Waals surface area contributed by atoms with Crippen LogP contribution in [0.15, 0.2) is 15.9 Å². The zero-order chi connectivity index (χ0) is 10.6. The number of carbonyl (C=O) groups is 1. The van der Waals surface area contributed by atoms with Crippen LogP contribution in [0, 0.1) is 0 Å². The first kappa shape index (κ1) is 11.9. The van der Waals surface area contributed by atoms with E-state index in [0.29, 0.717) is 6.42 Å². The zero-order valence-corrected chi connectivity index (χ0v) is 10.5. The van der Waals surface area contributed by atoms with Gasteiger partial charge in [0, 0.05) is 15.8 Å². The molecule has 0 saturated heterocycles. The molecule has 1 aromatic heterocycles. The molecule has 0 amide bonds. The molecule has 0 radical (unpaired) electrons. The quantitative estimate of drug-likeness (QED) is 0.898. The van der Waals surface area contributed by atoms with Gasteiger partial charge in [-0.15, -0.1) is 11.3 Å². The molecular weight excluding hydrogens is 262 g/mol. The van der Waals surface area contributed by atoms with Crippen LogP contribution in [0.1, 0.15) is 24.6 Å². The lowest BCUT2D eigenvalue weighted by atomic mass is 10.1. The molecule has 1 aromatic rings. The molecule has 0 fully saturated rings. The summed E-state index contributed by atoms with van der Waals surface area (Å²) in [7, 11) is 0.